The van der Waals surface area contributed by atoms with Crippen molar-refractivity contribution in [3.63, 3.8) is 0 Å². The summed E-state index contributed by atoms with van der Waals surface area (Å²) in [6.45, 7) is 4.43. The number of aliphatic imine (C=N–C) groups is 1. The molecule has 0 amide bonds. The van der Waals surface area contributed by atoms with Gasteiger partial charge in [-0.05, 0) is 56.9 Å². The van der Waals surface area contributed by atoms with Crippen LogP contribution in [0.1, 0.15) is 49.6 Å². The molecular weight excluding hydrogens is 431 g/mol. The molecule has 3 aromatic rings. The predicted molar refractivity (Wildman–Crippen MR) is 130 cm³/mol. The molecule has 8 heteroatoms. The average Bonchev–Trinajstić information content (AvgIpc) is 3.64. The number of aromatic nitrogens is 3. The Hall–Kier alpha value is -3.81. The van der Waals surface area contributed by atoms with Crippen molar-refractivity contribution in [2.75, 3.05) is 12.3 Å². The number of nitrogens with two attached hydrogens (primary N) is 2. The number of nitrogen functional groups attached to an aromatic ring is 1. The van der Waals surface area contributed by atoms with Crippen LogP contribution in [-0.2, 0) is 6.42 Å². The Labute approximate surface area is 197 Å². The topological polar surface area (TPSA) is 112 Å². The molecule has 34 heavy (non-hydrogen) atoms. The molecule has 1 aromatic carbocycles. The zero-order valence-electron chi connectivity index (χ0n) is 19.3. The van der Waals surface area contributed by atoms with Crippen molar-refractivity contribution < 1.29 is 9.13 Å². The van der Waals surface area contributed by atoms with Gasteiger partial charge >= 0.3 is 0 Å². The number of halogens is 1. The fourth-order valence-corrected chi connectivity index (χ4v) is 4.20. The van der Waals surface area contributed by atoms with Gasteiger partial charge < -0.3 is 16.2 Å². The zero-order valence-corrected chi connectivity index (χ0v) is 19.3. The summed E-state index contributed by atoms with van der Waals surface area (Å²) in [5.74, 6) is 0.898. The Kier molecular flexibility index (Phi) is 5.73. The molecule has 2 bridgehead atoms. The molecule has 0 saturated heterocycles. The smallest absolute Gasteiger partial charge is 0.166 e. The Bertz CT molecular complexity index is 1310. The van der Waals surface area contributed by atoms with Crippen LogP contribution >= 0.6 is 0 Å². The van der Waals surface area contributed by atoms with Gasteiger partial charge in [-0.25, -0.2) is 9.37 Å². The van der Waals surface area contributed by atoms with E-state index in [4.69, 9.17) is 21.2 Å². The fraction of sp³-hybridized carbons (Fsp3) is 0.308. The minimum Gasteiger partial charge on any atom is -0.482 e. The van der Waals surface area contributed by atoms with Gasteiger partial charge in [0, 0.05) is 59.5 Å². The number of fused-ring (bicyclic) bond motifs is 5. The number of hydrogen-bond donors (Lipinski definition) is 2. The van der Waals surface area contributed by atoms with E-state index in [1.807, 2.05) is 19.9 Å². The molecule has 3 heterocycles. The molecule has 0 spiro atoms. The van der Waals surface area contributed by atoms with Gasteiger partial charge in [-0.1, -0.05) is 0 Å². The van der Waals surface area contributed by atoms with Gasteiger partial charge in [-0.15, -0.1) is 0 Å². The first-order valence-electron chi connectivity index (χ1n) is 11.4. The number of ether oxygens (including phenoxy) is 1. The van der Waals surface area contributed by atoms with Crippen molar-refractivity contribution in [3.05, 3.63) is 76.8 Å². The summed E-state index contributed by atoms with van der Waals surface area (Å²) in [7, 11) is 0. The quantitative estimate of drug-likeness (QED) is 0.589. The maximum absolute atomic E-state index is 14.3. The summed E-state index contributed by atoms with van der Waals surface area (Å²) in [6.07, 6.45) is 7.25. The second-order valence-corrected chi connectivity index (χ2v) is 8.92. The van der Waals surface area contributed by atoms with Crippen LogP contribution in [-0.4, -0.2) is 27.2 Å². The maximum Gasteiger partial charge on any atom is 0.166 e. The van der Waals surface area contributed by atoms with E-state index in [2.05, 4.69) is 15.0 Å². The van der Waals surface area contributed by atoms with Crippen molar-refractivity contribution >= 4 is 11.5 Å². The minimum atomic E-state index is -0.516. The van der Waals surface area contributed by atoms with Gasteiger partial charge in [0.05, 0.1) is 17.1 Å². The van der Waals surface area contributed by atoms with E-state index >= 15 is 0 Å². The van der Waals surface area contributed by atoms with Crippen LogP contribution in [0.3, 0.4) is 0 Å². The number of hydrogen-bond acceptors (Lipinski definition) is 7. The van der Waals surface area contributed by atoms with E-state index in [-0.39, 0.29) is 11.6 Å². The third-order valence-corrected chi connectivity index (χ3v) is 6.25. The summed E-state index contributed by atoms with van der Waals surface area (Å²) in [5, 5.41) is 0. The third kappa shape index (κ3) is 4.35. The van der Waals surface area contributed by atoms with E-state index in [0.717, 1.165) is 34.7 Å². The van der Waals surface area contributed by atoms with E-state index in [9.17, 15) is 4.39 Å². The van der Waals surface area contributed by atoms with Crippen LogP contribution < -0.4 is 16.2 Å². The largest absolute Gasteiger partial charge is 0.482 e. The highest BCUT2D eigenvalue weighted by Gasteiger charge is 2.26. The molecule has 0 radical (unpaired) electrons. The van der Waals surface area contributed by atoms with Gasteiger partial charge in [0.15, 0.2) is 11.6 Å². The maximum atomic E-state index is 14.3. The lowest BCUT2D eigenvalue weighted by Crippen LogP contribution is -2.18. The number of benzene rings is 1. The molecule has 5 rings (SSSR count). The Morgan fingerprint density at radius 2 is 1.97 bits per heavy atom. The summed E-state index contributed by atoms with van der Waals surface area (Å²) in [5.41, 5.74) is 18.3. The van der Waals surface area contributed by atoms with E-state index in [0.29, 0.717) is 35.0 Å². The van der Waals surface area contributed by atoms with Crippen LogP contribution in [0.2, 0.25) is 0 Å². The number of nitrogens with zero attached hydrogens (tertiary/aromatic N) is 4. The van der Waals surface area contributed by atoms with Gasteiger partial charge in [-0.3, -0.25) is 15.0 Å². The Morgan fingerprint density at radius 3 is 2.74 bits per heavy atom. The first kappa shape index (κ1) is 22.0. The zero-order chi connectivity index (χ0) is 23.8. The monoisotopic (exact) mass is 458 g/mol. The van der Waals surface area contributed by atoms with Crippen LogP contribution in [0.25, 0.3) is 11.3 Å². The highest BCUT2D eigenvalue weighted by molar-refractivity contribution is 6.13. The standard InChI is InChI=1S/C26H27FN6O/c1-14(28)20-11-22-25(31-8-7-30-22)19-6-5-18(27)10-21(19)15(2)34-23-9-17(13-33-26(23)29)24(20)32-12-16-3-4-16/h5-10,13,15-16H,3-4,11-12,28H2,1-2H3,(H2,29,33)/t15-/m1/s1. The highest BCUT2D eigenvalue weighted by atomic mass is 19.1. The number of anilines is 1. The molecule has 1 fully saturated rings. The molecule has 1 atom stereocenters. The summed E-state index contributed by atoms with van der Waals surface area (Å²) in [6, 6.07) is 6.43. The van der Waals surface area contributed by atoms with E-state index < -0.39 is 6.10 Å². The summed E-state index contributed by atoms with van der Waals surface area (Å²) < 4.78 is 20.5. The molecule has 1 saturated carbocycles. The van der Waals surface area contributed by atoms with E-state index in [1.165, 1.54) is 25.0 Å². The first-order chi connectivity index (χ1) is 16.4. The van der Waals surface area contributed by atoms with Crippen LogP contribution in [0.5, 0.6) is 5.75 Å². The molecule has 7 nitrogen and oxygen atoms in total. The molecular formula is C26H27FN6O. The van der Waals surface area contributed by atoms with Gasteiger partial charge in [-0.2, -0.15) is 0 Å². The van der Waals surface area contributed by atoms with Gasteiger partial charge in [0.1, 0.15) is 11.9 Å². The molecule has 2 aliphatic rings. The van der Waals surface area contributed by atoms with Gasteiger partial charge in [0.2, 0.25) is 0 Å². The molecule has 4 N–H and O–H groups in total. The number of pyridine rings is 1. The lowest BCUT2D eigenvalue weighted by Gasteiger charge is -2.22. The normalized spacial score (nSPS) is 20.4. The van der Waals surface area contributed by atoms with Crippen molar-refractivity contribution in [1.29, 1.82) is 0 Å². The van der Waals surface area contributed by atoms with Crippen molar-refractivity contribution in [2.45, 2.75) is 39.2 Å². The third-order valence-electron chi connectivity index (χ3n) is 6.25. The minimum absolute atomic E-state index is 0.252. The van der Waals surface area contributed by atoms with Gasteiger partial charge in [0.25, 0.3) is 0 Å². The summed E-state index contributed by atoms with van der Waals surface area (Å²) >= 11 is 0. The fourth-order valence-electron chi connectivity index (χ4n) is 4.20. The lowest BCUT2D eigenvalue weighted by molar-refractivity contribution is 0.227. The Morgan fingerprint density at radius 1 is 1.18 bits per heavy atom. The van der Waals surface area contributed by atoms with Crippen molar-refractivity contribution in [1.82, 2.24) is 15.0 Å². The number of allylic oxidation sites excluding steroid dienone is 2. The van der Waals surface area contributed by atoms with Crippen LogP contribution in [0.15, 0.2) is 59.1 Å². The average molecular weight is 459 g/mol. The lowest BCUT2D eigenvalue weighted by atomic mass is 9.93. The predicted octanol–water partition coefficient (Wildman–Crippen LogP) is 4.39. The molecule has 2 aromatic heterocycles. The SMILES string of the molecule is CC(N)=C1Cc2nccnc2-c2ccc(F)cc2[C@@H](C)Oc2cc(cnc2N)C1=NCC1CC1. The molecule has 174 valence electrons. The van der Waals surface area contributed by atoms with Crippen LogP contribution in [0.4, 0.5) is 10.2 Å². The second-order valence-electron chi connectivity index (χ2n) is 8.92. The van der Waals surface area contributed by atoms with E-state index in [1.54, 1.807) is 24.7 Å². The molecule has 1 aliphatic carbocycles. The molecule has 1 aliphatic heterocycles. The van der Waals surface area contributed by atoms with Crippen LogP contribution in [0, 0.1) is 11.7 Å². The molecule has 0 unspecified atom stereocenters. The van der Waals surface area contributed by atoms with Crippen molar-refractivity contribution in [3.8, 4) is 17.0 Å². The number of rotatable bonds is 2. The highest BCUT2D eigenvalue weighted by Crippen LogP contribution is 2.36. The second kappa shape index (κ2) is 8.85. The summed E-state index contributed by atoms with van der Waals surface area (Å²) in [4.78, 5) is 18.6. The van der Waals surface area contributed by atoms with Crippen molar-refractivity contribution in [2.24, 2.45) is 16.6 Å². The Balaban J connectivity index is 1.76. The first-order valence-corrected chi connectivity index (χ1v) is 11.4.